The first-order valence-electron chi connectivity index (χ1n) is 8.67. The van der Waals surface area contributed by atoms with E-state index >= 15 is 0 Å². The molecule has 1 aromatic rings. The lowest BCUT2D eigenvalue weighted by Gasteiger charge is -2.34. The van der Waals surface area contributed by atoms with E-state index in [1.165, 1.54) is 26.2 Å². The van der Waals surface area contributed by atoms with Gasteiger partial charge in [-0.25, -0.2) is 0 Å². The molecule has 1 unspecified atom stereocenters. The SMILES string of the molecule is CN=C(NCc1ccccc1Cl)NCC(C)CN1CCN(C)CC1. The Bertz CT molecular complexity index is 526. The minimum atomic E-state index is 0.576. The smallest absolute Gasteiger partial charge is 0.191 e. The van der Waals surface area contributed by atoms with Crippen LogP contribution in [0.4, 0.5) is 0 Å². The number of nitrogens with zero attached hydrogens (tertiary/aromatic N) is 3. The van der Waals surface area contributed by atoms with E-state index in [2.05, 4.69) is 39.4 Å². The van der Waals surface area contributed by atoms with Crippen molar-refractivity contribution in [3.63, 3.8) is 0 Å². The van der Waals surface area contributed by atoms with Crippen LogP contribution in [0.15, 0.2) is 29.3 Å². The molecular formula is C18H30ClN5. The van der Waals surface area contributed by atoms with E-state index in [0.29, 0.717) is 12.5 Å². The number of halogens is 1. The number of aliphatic imine (C=N–C) groups is 1. The number of rotatable bonds is 6. The third kappa shape index (κ3) is 6.30. The van der Waals surface area contributed by atoms with Gasteiger partial charge in [-0.3, -0.25) is 4.99 Å². The van der Waals surface area contributed by atoms with Crippen molar-refractivity contribution in [1.29, 1.82) is 0 Å². The van der Waals surface area contributed by atoms with E-state index in [-0.39, 0.29) is 0 Å². The van der Waals surface area contributed by atoms with E-state index in [1.807, 2.05) is 24.3 Å². The molecule has 24 heavy (non-hydrogen) atoms. The van der Waals surface area contributed by atoms with Gasteiger partial charge in [0.1, 0.15) is 0 Å². The maximum atomic E-state index is 6.19. The highest BCUT2D eigenvalue weighted by Crippen LogP contribution is 2.14. The Morgan fingerprint density at radius 2 is 1.92 bits per heavy atom. The number of likely N-dealkylation sites (N-methyl/N-ethyl adjacent to an activating group) is 1. The molecule has 0 amide bonds. The van der Waals surface area contributed by atoms with Crippen LogP contribution in [0.1, 0.15) is 12.5 Å². The second kappa shape index (κ2) is 9.87. The second-order valence-electron chi connectivity index (χ2n) is 6.61. The number of hydrogen-bond donors (Lipinski definition) is 2. The maximum Gasteiger partial charge on any atom is 0.191 e. The highest BCUT2D eigenvalue weighted by Gasteiger charge is 2.16. The average molecular weight is 352 g/mol. The lowest BCUT2D eigenvalue weighted by atomic mass is 10.1. The lowest BCUT2D eigenvalue weighted by Crippen LogP contribution is -2.47. The summed E-state index contributed by atoms with van der Waals surface area (Å²) in [5.41, 5.74) is 1.08. The second-order valence-corrected chi connectivity index (χ2v) is 7.01. The fourth-order valence-corrected chi connectivity index (χ4v) is 3.05. The predicted octanol–water partition coefficient (Wildman–Crippen LogP) is 1.89. The first-order chi connectivity index (χ1) is 11.6. The van der Waals surface area contributed by atoms with Gasteiger partial charge in [0, 0.05) is 57.9 Å². The van der Waals surface area contributed by atoms with Gasteiger partial charge in [0.05, 0.1) is 0 Å². The summed E-state index contributed by atoms with van der Waals surface area (Å²) in [5, 5.41) is 7.52. The topological polar surface area (TPSA) is 42.9 Å². The number of guanidine groups is 1. The highest BCUT2D eigenvalue weighted by molar-refractivity contribution is 6.31. The van der Waals surface area contributed by atoms with Crippen LogP contribution < -0.4 is 10.6 Å². The van der Waals surface area contributed by atoms with Gasteiger partial charge < -0.3 is 20.4 Å². The van der Waals surface area contributed by atoms with Gasteiger partial charge in [-0.05, 0) is 24.6 Å². The largest absolute Gasteiger partial charge is 0.356 e. The van der Waals surface area contributed by atoms with Crippen molar-refractivity contribution in [3.8, 4) is 0 Å². The van der Waals surface area contributed by atoms with Crippen molar-refractivity contribution in [2.24, 2.45) is 10.9 Å². The van der Waals surface area contributed by atoms with Gasteiger partial charge in [0.15, 0.2) is 5.96 Å². The minimum absolute atomic E-state index is 0.576. The van der Waals surface area contributed by atoms with Gasteiger partial charge in [-0.15, -0.1) is 0 Å². The molecular weight excluding hydrogens is 322 g/mol. The van der Waals surface area contributed by atoms with E-state index in [4.69, 9.17) is 11.6 Å². The van der Waals surface area contributed by atoms with Gasteiger partial charge in [0.25, 0.3) is 0 Å². The molecule has 1 aliphatic heterocycles. The minimum Gasteiger partial charge on any atom is -0.356 e. The molecule has 1 atom stereocenters. The molecule has 0 aromatic heterocycles. The van der Waals surface area contributed by atoms with Crippen LogP contribution in [0, 0.1) is 5.92 Å². The van der Waals surface area contributed by atoms with Crippen molar-refractivity contribution in [2.45, 2.75) is 13.5 Å². The quantitative estimate of drug-likeness (QED) is 0.606. The molecule has 0 radical (unpaired) electrons. The van der Waals surface area contributed by atoms with Crippen LogP contribution in [0.25, 0.3) is 0 Å². The Morgan fingerprint density at radius 1 is 1.21 bits per heavy atom. The molecule has 1 heterocycles. The number of piperazine rings is 1. The summed E-state index contributed by atoms with van der Waals surface area (Å²) in [7, 11) is 3.99. The molecule has 0 spiro atoms. The zero-order chi connectivity index (χ0) is 17.4. The van der Waals surface area contributed by atoms with Crippen LogP contribution >= 0.6 is 11.6 Å². The lowest BCUT2D eigenvalue weighted by molar-refractivity contribution is 0.139. The Kier molecular flexibility index (Phi) is 7.82. The molecule has 1 aliphatic rings. The molecule has 5 nitrogen and oxygen atoms in total. The van der Waals surface area contributed by atoms with Gasteiger partial charge in [-0.1, -0.05) is 36.7 Å². The molecule has 2 N–H and O–H groups in total. The van der Waals surface area contributed by atoms with Gasteiger partial charge >= 0.3 is 0 Å². The van der Waals surface area contributed by atoms with Crippen LogP contribution in [0.3, 0.4) is 0 Å². The van der Waals surface area contributed by atoms with Crippen molar-refractivity contribution in [1.82, 2.24) is 20.4 Å². The predicted molar refractivity (Wildman–Crippen MR) is 103 cm³/mol. The summed E-state index contributed by atoms with van der Waals surface area (Å²) in [4.78, 5) is 9.23. The Balaban J connectivity index is 1.70. The molecule has 1 aromatic carbocycles. The summed E-state index contributed by atoms with van der Waals surface area (Å²) in [5.74, 6) is 1.40. The van der Waals surface area contributed by atoms with Crippen LogP contribution in [-0.4, -0.2) is 69.1 Å². The third-order valence-corrected chi connectivity index (χ3v) is 4.78. The summed E-state index contributed by atoms with van der Waals surface area (Å²) >= 11 is 6.19. The van der Waals surface area contributed by atoms with E-state index < -0.39 is 0 Å². The van der Waals surface area contributed by atoms with Crippen molar-refractivity contribution in [3.05, 3.63) is 34.9 Å². The summed E-state index contributed by atoms with van der Waals surface area (Å²) < 4.78 is 0. The Hall–Kier alpha value is -1.30. The molecule has 1 fully saturated rings. The van der Waals surface area contributed by atoms with Crippen molar-refractivity contribution < 1.29 is 0 Å². The molecule has 134 valence electrons. The number of nitrogens with one attached hydrogen (secondary N) is 2. The third-order valence-electron chi connectivity index (χ3n) is 4.41. The fraction of sp³-hybridized carbons (Fsp3) is 0.611. The zero-order valence-electron chi connectivity index (χ0n) is 15.1. The normalized spacial score (nSPS) is 18.4. The van der Waals surface area contributed by atoms with E-state index in [1.54, 1.807) is 7.05 Å². The molecule has 0 bridgehead atoms. The van der Waals surface area contributed by atoms with Crippen LogP contribution in [0.5, 0.6) is 0 Å². The Labute approximate surface area is 151 Å². The van der Waals surface area contributed by atoms with Gasteiger partial charge in [0.2, 0.25) is 0 Å². The first-order valence-corrected chi connectivity index (χ1v) is 9.05. The first kappa shape index (κ1) is 19.0. The Morgan fingerprint density at radius 3 is 2.58 bits per heavy atom. The summed E-state index contributed by atoms with van der Waals surface area (Å²) in [6, 6.07) is 7.88. The maximum absolute atomic E-state index is 6.19. The number of hydrogen-bond acceptors (Lipinski definition) is 3. The average Bonchev–Trinajstić information content (AvgIpc) is 2.58. The zero-order valence-corrected chi connectivity index (χ0v) is 15.8. The van der Waals surface area contributed by atoms with Crippen molar-refractivity contribution in [2.75, 3.05) is 53.4 Å². The number of benzene rings is 1. The fourth-order valence-electron chi connectivity index (χ4n) is 2.85. The summed E-state index contributed by atoms with van der Waals surface area (Å²) in [6.07, 6.45) is 0. The monoisotopic (exact) mass is 351 g/mol. The van der Waals surface area contributed by atoms with E-state index in [0.717, 1.165) is 29.6 Å². The molecule has 0 saturated carbocycles. The van der Waals surface area contributed by atoms with Crippen molar-refractivity contribution >= 4 is 17.6 Å². The molecule has 2 rings (SSSR count). The van der Waals surface area contributed by atoms with Crippen LogP contribution in [0.2, 0.25) is 5.02 Å². The standard InChI is InChI=1S/C18H30ClN5/c1-15(14-24-10-8-23(3)9-11-24)12-21-18(20-2)22-13-16-6-4-5-7-17(16)19/h4-7,15H,8-14H2,1-3H3,(H2,20,21,22). The molecule has 6 heteroatoms. The molecule has 1 saturated heterocycles. The molecule has 0 aliphatic carbocycles. The summed E-state index contributed by atoms with van der Waals surface area (Å²) in [6.45, 7) is 9.67. The highest BCUT2D eigenvalue weighted by atomic mass is 35.5. The van der Waals surface area contributed by atoms with Crippen LogP contribution in [-0.2, 0) is 6.54 Å². The van der Waals surface area contributed by atoms with Gasteiger partial charge in [-0.2, -0.15) is 0 Å². The van der Waals surface area contributed by atoms with E-state index in [9.17, 15) is 0 Å².